The Bertz CT molecular complexity index is 963. The van der Waals surface area contributed by atoms with E-state index in [9.17, 15) is 4.79 Å². The third-order valence-electron chi connectivity index (χ3n) is 4.02. The van der Waals surface area contributed by atoms with Crippen molar-refractivity contribution in [1.29, 1.82) is 0 Å². The van der Waals surface area contributed by atoms with Crippen LogP contribution in [-0.2, 0) is 4.79 Å². The number of amides is 1. The molecule has 4 heteroatoms. The van der Waals surface area contributed by atoms with E-state index in [1.165, 1.54) is 0 Å². The van der Waals surface area contributed by atoms with Crippen LogP contribution in [0.1, 0.15) is 25.0 Å². The predicted molar refractivity (Wildman–Crippen MR) is 117 cm³/mol. The van der Waals surface area contributed by atoms with Crippen LogP contribution in [0.15, 0.2) is 78.9 Å². The van der Waals surface area contributed by atoms with Gasteiger partial charge in [-0.15, -0.1) is 0 Å². The maximum atomic E-state index is 13.0. The summed E-state index contributed by atoms with van der Waals surface area (Å²) < 4.78 is 5.64. The average molecular weight is 392 g/mol. The van der Waals surface area contributed by atoms with Gasteiger partial charge >= 0.3 is 0 Å². The van der Waals surface area contributed by atoms with Gasteiger partial charge in [0.15, 0.2) is 0 Å². The third-order valence-corrected chi connectivity index (χ3v) is 4.36. The summed E-state index contributed by atoms with van der Waals surface area (Å²) in [4.78, 5) is 13.0. The molecule has 0 saturated heterocycles. The average Bonchev–Trinajstić information content (AvgIpc) is 2.69. The molecule has 0 aliphatic carbocycles. The standard InChI is InChI=1S/C24H22ClNO2/c1-17(2)28-21-14-12-20(13-15-21)26-24(27)22(18-8-4-3-5-9-18)16-19-10-6-7-11-23(19)25/h3-17H,1-2H3,(H,26,27)/b22-16+. The first-order valence-electron chi connectivity index (χ1n) is 9.12. The summed E-state index contributed by atoms with van der Waals surface area (Å²) in [6.45, 7) is 3.95. The number of carbonyl (C=O) groups excluding carboxylic acids is 1. The molecule has 0 aliphatic rings. The molecule has 142 valence electrons. The second-order valence-corrected chi connectivity index (χ2v) is 7.00. The predicted octanol–water partition coefficient (Wildman–Crippen LogP) is 6.31. The zero-order valence-electron chi connectivity index (χ0n) is 15.9. The molecule has 0 saturated carbocycles. The lowest BCUT2D eigenvalue weighted by Crippen LogP contribution is -2.13. The Hall–Kier alpha value is -3.04. The Balaban J connectivity index is 1.88. The van der Waals surface area contributed by atoms with Gasteiger partial charge in [-0.1, -0.05) is 60.1 Å². The van der Waals surface area contributed by atoms with Crippen molar-refractivity contribution >= 4 is 34.8 Å². The van der Waals surface area contributed by atoms with Crippen molar-refractivity contribution in [3.63, 3.8) is 0 Å². The Morgan fingerprint density at radius 1 is 0.929 bits per heavy atom. The minimum Gasteiger partial charge on any atom is -0.491 e. The lowest BCUT2D eigenvalue weighted by Gasteiger charge is -2.12. The molecular formula is C24H22ClNO2. The Labute approximate surface area is 170 Å². The molecule has 0 heterocycles. The number of nitrogens with one attached hydrogen (secondary N) is 1. The van der Waals surface area contributed by atoms with Gasteiger partial charge in [-0.3, -0.25) is 4.79 Å². The van der Waals surface area contributed by atoms with Gasteiger partial charge in [0, 0.05) is 16.3 Å². The highest BCUT2D eigenvalue weighted by Gasteiger charge is 2.13. The number of halogens is 1. The fourth-order valence-corrected chi connectivity index (χ4v) is 2.92. The monoisotopic (exact) mass is 391 g/mol. The summed E-state index contributed by atoms with van der Waals surface area (Å²) in [7, 11) is 0. The number of rotatable bonds is 6. The van der Waals surface area contributed by atoms with Crippen molar-refractivity contribution in [2.24, 2.45) is 0 Å². The van der Waals surface area contributed by atoms with Gasteiger partial charge in [-0.05, 0) is 61.4 Å². The van der Waals surface area contributed by atoms with Gasteiger partial charge in [0.05, 0.1) is 6.10 Å². The van der Waals surface area contributed by atoms with Crippen LogP contribution in [0.2, 0.25) is 5.02 Å². The molecular weight excluding hydrogens is 370 g/mol. The minimum atomic E-state index is -0.205. The Morgan fingerprint density at radius 3 is 2.21 bits per heavy atom. The number of hydrogen-bond acceptors (Lipinski definition) is 2. The first-order chi connectivity index (χ1) is 13.5. The molecule has 0 radical (unpaired) electrons. The van der Waals surface area contributed by atoms with Crippen LogP contribution in [0.3, 0.4) is 0 Å². The van der Waals surface area contributed by atoms with Crippen LogP contribution >= 0.6 is 11.6 Å². The third kappa shape index (κ3) is 5.24. The molecule has 0 unspecified atom stereocenters. The number of carbonyl (C=O) groups is 1. The zero-order valence-corrected chi connectivity index (χ0v) is 16.6. The Morgan fingerprint density at radius 2 is 1.57 bits per heavy atom. The lowest BCUT2D eigenvalue weighted by atomic mass is 10.0. The molecule has 0 atom stereocenters. The fourth-order valence-electron chi connectivity index (χ4n) is 2.73. The minimum absolute atomic E-state index is 0.101. The van der Waals surface area contributed by atoms with Crippen LogP contribution in [0.25, 0.3) is 11.6 Å². The number of benzene rings is 3. The quantitative estimate of drug-likeness (QED) is 0.395. The summed E-state index contributed by atoms with van der Waals surface area (Å²) in [6.07, 6.45) is 1.91. The molecule has 3 nitrogen and oxygen atoms in total. The van der Waals surface area contributed by atoms with E-state index in [0.717, 1.165) is 16.9 Å². The van der Waals surface area contributed by atoms with Gasteiger partial charge in [0.25, 0.3) is 5.91 Å². The van der Waals surface area contributed by atoms with Crippen LogP contribution < -0.4 is 10.1 Å². The molecule has 1 N–H and O–H groups in total. The van der Waals surface area contributed by atoms with Gasteiger partial charge in [0.1, 0.15) is 5.75 Å². The normalized spacial score (nSPS) is 11.4. The van der Waals surface area contributed by atoms with E-state index in [1.54, 1.807) is 6.07 Å². The van der Waals surface area contributed by atoms with Crippen molar-refractivity contribution < 1.29 is 9.53 Å². The van der Waals surface area contributed by atoms with Crippen molar-refractivity contribution in [2.75, 3.05) is 5.32 Å². The molecule has 0 aliphatic heterocycles. The molecule has 1 amide bonds. The summed E-state index contributed by atoms with van der Waals surface area (Å²) in [5.41, 5.74) is 2.84. The number of hydrogen-bond donors (Lipinski definition) is 1. The summed E-state index contributed by atoms with van der Waals surface area (Å²) in [5.74, 6) is 0.562. The second-order valence-electron chi connectivity index (χ2n) is 6.59. The highest BCUT2D eigenvalue weighted by atomic mass is 35.5. The van der Waals surface area contributed by atoms with Crippen LogP contribution in [0, 0.1) is 0 Å². The molecule has 3 rings (SSSR count). The van der Waals surface area contributed by atoms with Crippen LogP contribution in [0.4, 0.5) is 5.69 Å². The SMILES string of the molecule is CC(C)Oc1ccc(NC(=O)/C(=C/c2ccccc2Cl)c2ccccc2)cc1. The van der Waals surface area contributed by atoms with Gasteiger partial charge in [0.2, 0.25) is 0 Å². The molecule has 3 aromatic carbocycles. The summed E-state index contributed by atoms with van der Waals surface area (Å²) >= 11 is 6.29. The van der Waals surface area contributed by atoms with Gasteiger partial charge < -0.3 is 10.1 Å². The van der Waals surface area contributed by atoms with Crippen molar-refractivity contribution in [3.8, 4) is 5.75 Å². The van der Waals surface area contributed by atoms with Crippen molar-refractivity contribution in [3.05, 3.63) is 95.0 Å². The van der Waals surface area contributed by atoms with Crippen molar-refractivity contribution in [2.45, 2.75) is 20.0 Å². The summed E-state index contributed by atoms with van der Waals surface area (Å²) in [6, 6.07) is 24.3. The molecule has 28 heavy (non-hydrogen) atoms. The zero-order chi connectivity index (χ0) is 19.9. The number of anilines is 1. The van der Waals surface area contributed by atoms with E-state index in [2.05, 4.69) is 5.32 Å². The maximum Gasteiger partial charge on any atom is 0.256 e. The van der Waals surface area contributed by atoms with E-state index in [-0.39, 0.29) is 12.0 Å². The molecule has 0 bridgehead atoms. The van der Waals surface area contributed by atoms with Crippen LogP contribution in [0.5, 0.6) is 5.75 Å². The van der Waals surface area contributed by atoms with Gasteiger partial charge in [-0.2, -0.15) is 0 Å². The number of ether oxygens (including phenoxy) is 1. The molecule has 0 fully saturated rings. The second kappa shape index (κ2) is 9.25. The molecule has 0 spiro atoms. The van der Waals surface area contributed by atoms with E-state index in [0.29, 0.717) is 16.3 Å². The fraction of sp³-hybridized carbons (Fsp3) is 0.125. The van der Waals surface area contributed by atoms with E-state index in [1.807, 2.05) is 92.7 Å². The topological polar surface area (TPSA) is 38.3 Å². The van der Waals surface area contributed by atoms with Gasteiger partial charge in [-0.25, -0.2) is 0 Å². The first kappa shape index (κ1) is 19.7. The van der Waals surface area contributed by atoms with Crippen molar-refractivity contribution in [1.82, 2.24) is 0 Å². The smallest absolute Gasteiger partial charge is 0.256 e. The summed E-state index contributed by atoms with van der Waals surface area (Å²) in [5, 5.41) is 3.55. The maximum absolute atomic E-state index is 13.0. The highest BCUT2D eigenvalue weighted by molar-refractivity contribution is 6.34. The van der Waals surface area contributed by atoms with E-state index < -0.39 is 0 Å². The first-order valence-corrected chi connectivity index (χ1v) is 9.50. The van der Waals surface area contributed by atoms with E-state index >= 15 is 0 Å². The Kier molecular flexibility index (Phi) is 6.51. The molecule has 0 aromatic heterocycles. The van der Waals surface area contributed by atoms with Crippen LogP contribution in [-0.4, -0.2) is 12.0 Å². The largest absolute Gasteiger partial charge is 0.491 e. The molecule has 3 aromatic rings. The van der Waals surface area contributed by atoms with E-state index in [4.69, 9.17) is 16.3 Å². The highest BCUT2D eigenvalue weighted by Crippen LogP contribution is 2.25. The lowest BCUT2D eigenvalue weighted by molar-refractivity contribution is -0.111.